The van der Waals surface area contributed by atoms with E-state index >= 15 is 0 Å². The maximum absolute atomic E-state index is 13.3. The summed E-state index contributed by atoms with van der Waals surface area (Å²) in [7, 11) is 0. The molecule has 0 saturated heterocycles. The van der Waals surface area contributed by atoms with Gasteiger partial charge in [-0.3, -0.25) is 0 Å². The van der Waals surface area contributed by atoms with Crippen molar-refractivity contribution in [3.63, 3.8) is 0 Å². The average molecular weight is 256 g/mol. The summed E-state index contributed by atoms with van der Waals surface area (Å²) < 4.78 is 31.7. The molecule has 2 rings (SSSR count). The highest BCUT2D eigenvalue weighted by atomic mass is 35.5. The van der Waals surface area contributed by atoms with Crippen LogP contribution < -0.4 is 4.74 Å². The summed E-state index contributed by atoms with van der Waals surface area (Å²) >= 11 is 5.59. The summed E-state index contributed by atoms with van der Waals surface area (Å²) in [5.74, 6) is -0.865. The molecule has 2 aromatic rings. The summed E-state index contributed by atoms with van der Waals surface area (Å²) in [6, 6.07) is 6.78. The Morgan fingerprint density at radius 2 is 1.82 bits per heavy atom. The van der Waals surface area contributed by atoms with Crippen LogP contribution in [0.4, 0.5) is 8.78 Å². The third-order valence-corrected chi connectivity index (χ3v) is 2.37. The van der Waals surface area contributed by atoms with Crippen molar-refractivity contribution in [1.29, 1.82) is 0 Å². The van der Waals surface area contributed by atoms with Crippen LogP contribution in [0.1, 0.15) is 5.56 Å². The van der Waals surface area contributed by atoms with Gasteiger partial charge in [0.1, 0.15) is 29.1 Å². The highest BCUT2D eigenvalue weighted by Gasteiger charge is 2.08. The molecule has 0 amide bonds. The zero-order chi connectivity index (χ0) is 12.3. The Morgan fingerprint density at radius 1 is 1.12 bits per heavy atom. The fourth-order valence-electron chi connectivity index (χ4n) is 1.27. The molecule has 0 fully saturated rings. The van der Waals surface area contributed by atoms with Crippen LogP contribution in [0.25, 0.3) is 0 Å². The zero-order valence-corrected chi connectivity index (χ0v) is 9.42. The smallest absolute Gasteiger partial charge is 0.138 e. The largest absolute Gasteiger partial charge is 0.487 e. The molecule has 0 radical (unpaired) electrons. The molecular weight excluding hydrogens is 248 g/mol. The van der Waals surface area contributed by atoms with Gasteiger partial charge >= 0.3 is 0 Å². The number of ether oxygens (including phenoxy) is 1. The summed E-state index contributed by atoms with van der Waals surface area (Å²) in [5.41, 5.74) is -0.109. The van der Waals surface area contributed by atoms with Gasteiger partial charge in [-0.15, -0.1) is 0 Å². The van der Waals surface area contributed by atoms with Gasteiger partial charge in [0.15, 0.2) is 0 Å². The minimum Gasteiger partial charge on any atom is -0.487 e. The number of aromatic nitrogens is 1. The first kappa shape index (κ1) is 11.8. The second kappa shape index (κ2) is 5.10. The zero-order valence-electron chi connectivity index (χ0n) is 8.66. The maximum Gasteiger partial charge on any atom is 0.138 e. The summed E-state index contributed by atoms with van der Waals surface area (Å²) in [6.07, 6.45) is 1.39. The fourth-order valence-corrected chi connectivity index (χ4v) is 1.39. The minimum atomic E-state index is -0.632. The maximum atomic E-state index is 13.3. The Kier molecular flexibility index (Phi) is 3.54. The quantitative estimate of drug-likeness (QED) is 0.782. The molecule has 1 aromatic carbocycles. The molecule has 0 aliphatic carbocycles. The van der Waals surface area contributed by atoms with E-state index in [1.54, 1.807) is 6.07 Å². The van der Waals surface area contributed by atoms with Crippen LogP contribution in [0.15, 0.2) is 36.5 Å². The lowest BCUT2D eigenvalue weighted by molar-refractivity contribution is 0.291. The first-order chi connectivity index (χ1) is 8.16. The predicted octanol–water partition coefficient (Wildman–Crippen LogP) is 3.59. The van der Waals surface area contributed by atoms with Crippen LogP contribution in [0.3, 0.4) is 0 Å². The van der Waals surface area contributed by atoms with Gasteiger partial charge in [-0.2, -0.15) is 0 Å². The molecule has 5 heteroatoms. The van der Waals surface area contributed by atoms with Crippen LogP contribution in [0.5, 0.6) is 5.75 Å². The van der Waals surface area contributed by atoms with Gasteiger partial charge in [-0.1, -0.05) is 17.7 Å². The third kappa shape index (κ3) is 2.91. The molecule has 0 aliphatic heterocycles. The van der Waals surface area contributed by atoms with Crippen molar-refractivity contribution in [2.45, 2.75) is 6.61 Å². The molecule has 0 saturated carbocycles. The third-order valence-electron chi connectivity index (χ3n) is 2.15. The first-order valence-corrected chi connectivity index (χ1v) is 5.22. The molecule has 0 atom stereocenters. The Balaban J connectivity index is 2.10. The second-order valence-electron chi connectivity index (χ2n) is 3.31. The lowest BCUT2D eigenvalue weighted by Crippen LogP contribution is -2.01. The van der Waals surface area contributed by atoms with E-state index in [2.05, 4.69) is 4.98 Å². The topological polar surface area (TPSA) is 22.1 Å². The molecule has 0 unspecified atom stereocenters. The van der Waals surface area contributed by atoms with E-state index in [0.717, 1.165) is 0 Å². The Hall–Kier alpha value is -1.68. The van der Waals surface area contributed by atoms with E-state index in [4.69, 9.17) is 16.3 Å². The van der Waals surface area contributed by atoms with Crippen molar-refractivity contribution in [1.82, 2.24) is 4.98 Å². The van der Waals surface area contributed by atoms with Crippen LogP contribution in [0, 0.1) is 11.6 Å². The SMILES string of the molecule is Fc1cccc(F)c1COc1ccc(Cl)nc1. The van der Waals surface area contributed by atoms with E-state index in [1.807, 2.05) is 0 Å². The molecule has 88 valence electrons. The molecule has 0 aliphatic rings. The van der Waals surface area contributed by atoms with Gasteiger partial charge in [-0.05, 0) is 24.3 Å². The highest BCUT2D eigenvalue weighted by molar-refractivity contribution is 6.29. The molecule has 0 bridgehead atoms. The molecule has 17 heavy (non-hydrogen) atoms. The molecular formula is C12H8ClF2NO. The second-order valence-corrected chi connectivity index (χ2v) is 3.69. The van der Waals surface area contributed by atoms with Gasteiger partial charge in [0.05, 0.1) is 11.8 Å². The highest BCUT2D eigenvalue weighted by Crippen LogP contribution is 2.17. The van der Waals surface area contributed by atoms with E-state index < -0.39 is 11.6 Å². The van der Waals surface area contributed by atoms with Crippen LogP contribution in [-0.4, -0.2) is 4.98 Å². The summed E-state index contributed by atoms with van der Waals surface area (Å²) in [4.78, 5) is 3.79. The number of hydrogen-bond donors (Lipinski definition) is 0. The fraction of sp³-hybridized carbons (Fsp3) is 0.0833. The monoisotopic (exact) mass is 255 g/mol. The lowest BCUT2D eigenvalue weighted by atomic mass is 10.2. The molecule has 0 spiro atoms. The molecule has 0 N–H and O–H groups in total. The van der Waals surface area contributed by atoms with Gasteiger partial charge in [0.25, 0.3) is 0 Å². The predicted molar refractivity (Wildman–Crippen MR) is 59.9 cm³/mol. The summed E-state index contributed by atoms with van der Waals surface area (Å²) in [5, 5.41) is 0.328. The Morgan fingerprint density at radius 3 is 2.41 bits per heavy atom. The van der Waals surface area contributed by atoms with Crippen LogP contribution in [0.2, 0.25) is 5.15 Å². The van der Waals surface area contributed by atoms with E-state index in [9.17, 15) is 8.78 Å². The average Bonchev–Trinajstić information content (AvgIpc) is 2.31. The van der Waals surface area contributed by atoms with Crippen molar-refractivity contribution < 1.29 is 13.5 Å². The number of pyridine rings is 1. The van der Waals surface area contributed by atoms with Crippen molar-refractivity contribution in [2.75, 3.05) is 0 Å². The van der Waals surface area contributed by atoms with Crippen molar-refractivity contribution in [2.24, 2.45) is 0 Å². The minimum absolute atomic E-state index is 0.109. The molecule has 1 heterocycles. The van der Waals surface area contributed by atoms with Gasteiger partial charge in [0.2, 0.25) is 0 Å². The van der Waals surface area contributed by atoms with Gasteiger partial charge in [0, 0.05) is 0 Å². The van der Waals surface area contributed by atoms with Gasteiger partial charge in [-0.25, -0.2) is 13.8 Å². The molecule has 2 nitrogen and oxygen atoms in total. The lowest BCUT2D eigenvalue weighted by Gasteiger charge is -2.07. The number of hydrogen-bond acceptors (Lipinski definition) is 2. The van der Waals surface area contributed by atoms with E-state index in [-0.39, 0.29) is 12.2 Å². The first-order valence-electron chi connectivity index (χ1n) is 4.84. The number of nitrogens with zero attached hydrogens (tertiary/aromatic N) is 1. The molecule has 1 aromatic heterocycles. The summed E-state index contributed by atoms with van der Waals surface area (Å²) in [6.45, 7) is -0.193. The normalized spacial score (nSPS) is 10.3. The van der Waals surface area contributed by atoms with Crippen LogP contribution in [-0.2, 0) is 6.61 Å². The van der Waals surface area contributed by atoms with Gasteiger partial charge < -0.3 is 4.74 Å². The Labute approximate surface area is 102 Å². The van der Waals surface area contributed by atoms with Crippen molar-refractivity contribution in [3.05, 3.63) is 58.9 Å². The standard InChI is InChI=1S/C12H8ClF2NO/c13-12-5-4-8(6-16-12)17-7-9-10(14)2-1-3-11(9)15/h1-6H,7H2. The number of halogens is 3. The Bertz CT molecular complexity index is 496. The number of rotatable bonds is 3. The van der Waals surface area contributed by atoms with Crippen LogP contribution >= 0.6 is 11.6 Å². The number of benzene rings is 1. The van der Waals surface area contributed by atoms with Crippen molar-refractivity contribution >= 4 is 11.6 Å². The van der Waals surface area contributed by atoms with E-state index in [0.29, 0.717) is 10.9 Å². The van der Waals surface area contributed by atoms with Crippen molar-refractivity contribution in [3.8, 4) is 5.75 Å². The van der Waals surface area contributed by atoms with E-state index in [1.165, 1.54) is 30.5 Å².